The fraction of sp³-hybridized carbons (Fsp3) is 0.286. The fourth-order valence-electron chi connectivity index (χ4n) is 2.48. The molecule has 1 aliphatic rings. The molecule has 92 valence electrons. The van der Waals surface area contributed by atoms with Crippen molar-refractivity contribution in [2.24, 2.45) is 5.73 Å². The van der Waals surface area contributed by atoms with Crippen molar-refractivity contribution in [2.45, 2.75) is 12.5 Å². The van der Waals surface area contributed by atoms with Gasteiger partial charge in [-0.25, -0.2) is 9.97 Å². The van der Waals surface area contributed by atoms with E-state index in [-0.39, 0.29) is 6.10 Å². The lowest BCUT2D eigenvalue weighted by Crippen LogP contribution is -2.23. The summed E-state index contributed by atoms with van der Waals surface area (Å²) in [4.78, 5) is 8.16. The van der Waals surface area contributed by atoms with E-state index in [2.05, 4.69) is 22.1 Å². The number of ether oxygens (including phenoxy) is 1. The number of fused-ring (bicyclic) bond motifs is 1. The van der Waals surface area contributed by atoms with Crippen LogP contribution in [0, 0.1) is 0 Å². The Morgan fingerprint density at radius 2 is 2.11 bits per heavy atom. The van der Waals surface area contributed by atoms with Gasteiger partial charge in [-0.2, -0.15) is 0 Å². The van der Waals surface area contributed by atoms with Gasteiger partial charge < -0.3 is 10.5 Å². The minimum Gasteiger partial charge on any atom is -0.372 e. The highest BCUT2D eigenvalue weighted by Crippen LogP contribution is 2.33. The molecule has 1 aromatic carbocycles. The minimum absolute atomic E-state index is 0.0123. The lowest BCUT2D eigenvalue weighted by molar-refractivity contribution is 0.0486. The van der Waals surface area contributed by atoms with Crippen molar-refractivity contribution in [3.05, 3.63) is 48.0 Å². The topological polar surface area (TPSA) is 61.0 Å². The van der Waals surface area contributed by atoms with Gasteiger partial charge in [0.15, 0.2) is 0 Å². The van der Waals surface area contributed by atoms with E-state index < -0.39 is 0 Å². The molecule has 0 saturated carbocycles. The van der Waals surface area contributed by atoms with Crippen LogP contribution in [0.15, 0.2) is 36.9 Å². The summed E-state index contributed by atoms with van der Waals surface area (Å²) in [6, 6.07) is 6.24. The Morgan fingerprint density at radius 3 is 2.89 bits per heavy atom. The van der Waals surface area contributed by atoms with Gasteiger partial charge in [0.1, 0.15) is 6.33 Å². The van der Waals surface area contributed by atoms with Crippen LogP contribution in [0.5, 0.6) is 0 Å². The summed E-state index contributed by atoms with van der Waals surface area (Å²) in [6.45, 7) is 1.24. The molecule has 1 aliphatic heterocycles. The monoisotopic (exact) mass is 241 g/mol. The van der Waals surface area contributed by atoms with E-state index in [1.54, 1.807) is 6.33 Å². The zero-order chi connectivity index (χ0) is 12.4. The van der Waals surface area contributed by atoms with Crippen molar-refractivity contribution in [3.63, 3.8) is 0 Å². The third kappa shape index (κ3) is 1.89. The predicted octanol–water partition coefficient (Wildman–Crippen LogP) is 1.72. The highest BCUT2D eigenvalue weighted by molar-refractivity contribution is 5.68. The average Bonchev–Trinajstić information content (AvgIpc) is 2.47. The fourth-order valence-corrected chi connectivity index (χ4v) is 2.48. The summed E-state index contributed by atoms with van der Waals surface area (Å²) >= 11 is 0. The van der Waals surface area contributed by atoms with Crippen LogP contribution < -0.4 is 5.73 Å². The first-order valence-electron chi connectivity index (χ1n) is 6.09. The van der Waals surface area contributed by atoms with Crippen molar-refractivity contribution >= 4 is 0 Å². The van der Waals surface area contributed by atoms with Crippen molar-refractivity contribution in [1.29, 1.82) is 0 Å². The first kappa shape index (κ1) is 11.3. The van der Waals surface area contributed by atoms with Gasteiger partial charge in [-0.3, -0.25) is 0 Å². The molecule has 0 fully saturated rings. The summed E-state index contributed by atoms with van der Waals surface area (Å²) in [5.41, 5.74) is 10.5. The summed E-state index contributed by atoms with van der Waals surface area (Å²) in [5.74, 6) is 0. The van der Waals surface area contributed by atoms with Crippen LogP contribution in [0.3, 0.4) is 0 Å². The number of hydrogen-bond acceptors (Lipinski definition) is 4. The van der Waals surface area contributed by atoms with Crippen molar-refractivity contribution in [3.8, 4) is 11.1 Å². The Labute approximate surface area is 106 Å². The maximum absolute atomic E-state index is 5.76. The number of benzene rings is 1. The van der Waals surface area contributed by atoms with Crippen LogP contribution in [-0.4, -0.2) is 23.1 Å². The summed E-state index contributed by atoms with van der Waals surface area (Å²) in [6.07, 6.45) is 6.16. The highest BCUT2D eigenvalue weighted by Gasteiger charge is 2.22. The van der Waals surface area contributed by atoms with E-state index in [0.717, 1.165) is 18.6 Å². The molecule has 4 nitrogen and oxygen atoms in total. The van der Waals surface area contributed by atoms with Gasteiger partial charge in [-0.05, 0) is 23.1 Å². The van der Waals surface area contributed by atoms with Gasteiger partial charge in [0.25, 0.3) is 0 Å². The lowest BCUT2D eigenvalue weighted by atomic mass is 9.90. The van der Waals surface area contributed by atoms with Crippen LogP contribution in [0.4, 0.5) is 0 Å². The molecule has 3 rings (SSSR count). The van der Waals surface area contributed by atoms with E-state index in [1.807, 2.05) is 18.5 Å². The van der Waals surface area contributed by atoms with Crippen molar-refractivity contribution < 1.29 is 4.74 Å². The molecule has 2 aromatic rings. The first-order valence-corrected chi connectivity index (χ1v) is 6.09. The molecule has 1 atom stereocenters. The number of nitrogens with zero attached hydrogens (tertiary/aromatic N) is 2. The molecule has 18 heavy (non-hydrogen) atoms. The van der Waals surface area contributed by atoms with Gasteiger partial charge >= 0.3 is 0 Å². The van der Waals surface area contributed by atoms with E-state index in [4.69, 9.17) is 10.5 Å². The summed E-state index contributed by atoms with van der Waals surface area (Å²) in [7, 11) is 0. The van der Waals surface area contributed by atoms with E-state index in [0.29, 0.717) is 6.54 Å². The standard InChI is InChI=1S/C14H15N3O/c15-6-14-13-3-1-2-11(12(13)4-5-18-14)10-7-16-9-17-8-10/h1-3,7-9,14H,4-6,15H2/t14-/m0/s1. The Hall–Kier alpha value is -1.78. The maximum Gasteiger partial charge on any atom is 0.115 e. The number of rotatable bonds is 2. The molecule has 2 N–H and O–H groups in total. The van der Waals surface area contributed by atoms with Crippen LogP contribution >= 0.6 is 0 Å². The summed E-state index contributed by atoms with van der Waals surface area (Å²) in [5, 5.41) is 0. The molecule has 0 aliphatic carbocycles. The number of hydrogen-bond donors (Lipinski definition) is 1. The van der Waals surface area contributed by atoms with Crippen molar-refractivity contribution in [2.75, 3.05) is 13.2 Å². The normalized spacial score (nSPS) is 18.4. The van der Waals surface area contributed by atoms with E-state index in [1.165, 1.54) is 16.7 Å². The quantitative estimate of drug-likeness (QED) is 0.869. The molecule has 0 unspecified atom stereocenters. The Balaban J connectivity index is 2.12. The van der Waals surface area contributed by atoms with Crippen LogP contribution in [0.1, 0.15) is 17.2 Å². The van der Waals surface area contributed by atoms with Gasteiger partial charge in [-0.15, -0.1) is 0 Å². The van der Waals surface area contributed by atoms with Crippen molar-refractivity contribution in [1.82, 2.24) is 9.97 Å². The summed E-state index contributed by atoms with van der Waals surface area (Å²) < 4.78 is 5.69. The molecule has 0 bridgehead atoms. The molecule has 0 spiro atoms. The molecule has 1 aromatic heterocycles. The Kier molecular flexibility index (Phi) is 3.04. The van der Waals surface area contributed by atoms with E-state index in [9.17, 15) is 0 Å². The SMILES string of the molecule is NC[C@@H]1OCCc2c(-c3cncnc3)cccc21. The molecule has 4 heteroatoms. The van der Waals surface area contributed by atoms with Gasteiger partial charge in [-0.1, -0.05) is 18.2 Å². The third-order valence-corrected chi connectivity index (χ3v) is 3.32. The third-order valence-electron chi connectivity index (χ3n) is 3.32. The van der Waals surface area contributed by atoms with Crippen LogP contribution in [0.2, 0.25) is 0 Å². The molecule has 2 heterocycles. The second kappa shape index (κ2) is 4.84. The predicted molar refractivity (Wildman–Crippen MR) is 68.9 cm³/mol. The largest absolute Gasteiger partial charge is 0.372 e. The second-order valence-corrected chi connectivity index (χ2v) is 4.35. The maximum atomic E-state index is 5.76. The first-order chi connectivity index (χ1) is 8.90. The average molecular weight is 241 g/mol. The molecule has 0 radical (unpaired) electrons. The lowest BCUT2D eigenvalue weighted by Gasteiger charge is -2.26. The Morgan fingerprint density at radius 1 is 1.28 bits per heavy atom. The highest BCUT2D eigenvalue weighted by atomic mass is 16.5. The smallest absolute Gasteiger partial charge is 0.115 e. The van der Waals surface area contributed by atoms with Gasteiger partial charge in [0, 0.05) is 24.5 Å². The molecule has 0 amide bonds. The van der Waals surface area contributed by atoms with Gasteiger partial charge in [0.2, 0.25) is 0 Å². The van der Waals surface area contributed by atoms with Crippen LogP contribution in [-0.2, 0) is 11.2 Å². The molecular formula is C14H15N3O. The number of aromatic nitrogens is 2. The number of nitrogens with two attached hydrogens (primary N) is 1. The minimum atomic E-state index is 0.0123. The molecular weight excluding hydrogens is 226 g/mol. The van der Waals surface area contributed by atoms with Crippen LogP contribution in [0.25, 0.3) is 11.1 Å². The molecule has 0 saturated heterocycles. The van der Waals surface area contributed by atoms with Gasteiger partial charge in [0.05, 0.1) is 12.7 Å². The van der Waals surface area contributed by atoms with E-state index >= 15 is 0 Å². The Bertz CT molecular complexity index is 542. The second-order valence-electron chi connectivity index (χ2n) is 4.35. The zero-order valence-electron chi connectivity index (χ0n) is 10.0. The zero-order valence-corrected chi connectivity index (χ0v) is 10.0.